The Kier molecular flexibility index (Phi) is 6.06. The monoisotopic (exact) mass is 367 g/mol. The third-order valence-corrected chi connectivity index (χ3v) is 4.79. The smallest absolute Gasteiger partial charge is 0.252 e. The van der Waals surface area contributed by atoms with E-state index in [4.69, 9.17) is 0 Å². The second-order valence-electron chi connectivity index (χ2n) is 6.97. The molecular weight excluding hydrogens is 342 g/mol. The third kappa shape index (κ3) is 5.06. The molecule has 0 radical (unpaired) electrons. The Bertz CT molecular complexity index is 882. The number of aryl methyl sites for hydroxylation is 1. The first-order chi connectivity index (χ1) is 13.0. The highest BCUT2D eigenvalue weighted by Crippen LogP contribution is 2.08. The minimum atomic E-state index is -0.279. The molecule has 2 aromatic rings. The van der Waals surface area contributed by atoms with Crippen molar-refractivity contribution in [2.45, 2.75) is 32.7 Å². The van der Waals surface area contributed by atoms with Crippen molar-refractivity contribution in [2.24, 2.45) is 0 Å². The molecule has 2 heterocycles. The highest BCUT2D eigenvalue weighted by Gasteiger charge is 2.18. The van der Waals surface area contributed by atoms with Gasteiger partial charge in [-0.25, -0.2) is 0 Å². The van der Waals surface area contributed by atoms with Crippen molar-refractivity contribution in [3.63, 3.8) is 0 Å². The van der Waals surface area contributed by atoms with Crippen molar-refractivity contribution in [1.29, 1.82) is 0 Å². The van der Waals surface area contributed by atoms with E-state index in [-0.39, 0.29) is 23.9 Å². The van der Waals surface area contributed by atoms with E-state index in [1.807, 2.05) is 25.1 Å². The van der Waals surface area contributed by atoms with Crippen LogP contribution in [0.25, 0.3) is 0 Å². The van der Waals surface area contributed by atoms with E-state index in [1.165, 1.54) is 28.5 Å². The van der Waals surface area contributed by atoms with E-state index in [0.717, 1.165) is 37.9 Å². The maximum atomic E-state index is 12.4. The molecule has 0 aliphatic carbocycles. The summed E-state index contributed by atoms with van der Waals surface area (Å²) in [4.78, 5) is 38.5. The van der Waals surface area contributed by atoms with Crippen molar-refractivity contribution in [2.75, 3.05) is 19.6 Å². The maximum Gasteiger partial charge on any atom is 0.252 e. The molecule has 1 aromatic carbocycles. The van der Waals surface area contributed by atoms with E-state index in [1.54, 1.807) is 4.90 Å². The Morgan fingerprint density at radius 1 is 1.11 bits per heavy atom. The first-order valence-electron chi connectivity index (χ1n) is 9.35. The van der Waals surface area contributed by atoms with Gasteiger partial charge in [-0.05, 0) is 37.8 Å². The lowest BCUT2D eigenvalue weighted by Gasteiger charge is -2.16. The summed E-state index contributed by atoms with van der Waals surface area (Å²) in [5.41, 5.74) is 2.46. The molecule has 1 fully saturated rings. The zero-order valence-corrected chi connectivity index (χ0v) is 15.6. The van der Waals surface area contributed by atoms with E-state index < -0.39 is 0 Å². The molecule has 0 unspecified atom stereocenters. The molecule has 142 valence electrons. The van der Waals surface area contributed by atoms with Gasteiger partial charge < -0.3 is 14.8 Å². The van der Waals surface area contributed by atoms with Crippen LogP contribution in [0, 0.1) is 6.92 Å². The molecule has 1 aromatic heterocycles. The zero-order valence-electron chi connectivity index (χ0n) is 15.6. The molecule has 0 atom stereocenters. The van der Waals surface area contributed by atoms with Gasteiger partial charge in [0.2, 0.25) is 5.91 Å². The Labute approximate surface area is 158 Å². The molecule has 1 aliphatic rings. The van der Waals surface area contributed by atoms with Crippen molar-refractivity contribution < 1.29 is 9.59 Å². The summed E-state index contributed by atoms with van der Waals surface area (Å²) in [6.45, 7) is 4.01. The van der Waals surface area contributed by atoms with Gasteiger partial charge in [-0.3, -0.25) is 14.4 Å². The number of nitrogens with one attached hydrogen (secondary N) is 1. The predicted octanol–water partition coefficient (Wildman–Crippen LogP) is 1.75. The first-order valence-corrected chi connectivity index (χ1v) is 9.35. The normalized spacial score (nSPS) is 13.6. The number of pyridine rings is 1. The van der Waals surface area contributed by atoms with Crippen LogP contribution in [0.4, 0.5) is 0 Å². The van der Waals surface area contributed by atoms with E-state index in [9.17, 15) is 14.4 Å². The van der Waals surface area contributed by atoms with Crippen molar-refractivity contribution in [3.05, 3.63) is 69.6 Å². The molecule has 0 spiro atoms. The number of amides is 2. The van der Waals surface area contributed by atoms with Crippen molar-refractivity contribution >= 4 is 11.8 Å². The summed E-state index contributed by atoms with van der Waals surface area (Å²) in [5.74, 6) is -0.323. The predicted molar refractivity (Wildman–Crippen MR) is 104 cm³/mol. The van der Waals surface area contributed by atoms with Crippen LogP contribution in [0.15, 0.2) is 47.4 Å². The van der Waals surface area contributed by atoms with Crippen LogP contribution in [-0.2, 0) is 17.8 Å². The second-order valence-corrected chi connectivity index (χ2v) is 6.97. The molecule has 0 bridgehead atoms. The number of aromatic nitrogens is 1. The van der Waals surface area contributed by atoms with Crippen LogP contribution < -0.4 is 10.9 Å². The molecule has 27 heavy (non-hydrogen) atoms. The number of rotatable bonds is 6. The lowest BCUT2D eigenvalue weighted by Crippen LogP contribution is -2.35. The third-order valence-electron chi connectivity index (χ3n) is 4.79. The summed E-state index contributed by atoms with van der Waals surface area (Å²) in [6.07, 6.45) is 4.22. The average Bonchev–Trinajstić information content (AvgIpc) is 3.18. The number of benzene rings is 1. The highest BCUT2D eigenvalue weighted by molar-refractivity contribution is 5.93. The molecule has 1 saturated heterocycles. The van der Waals surface area contributed by atoms with Gasteiger partial charge in [0, 0.05) is 31.9 Å². The maximum absolute atomic E-state index is 12.4. The Morgan fingerprint density at radius 3 is 2.63 bits per heavy atom. The van der Waals surface area contributed by atoms with Gasteiger partial charge >= 0.3 is 0 Å². The number of nitrogens with zero attached hydrogens (tertiary/aromatic N) is 2. The largest absolute Gasteiger partial charge is 0.352 e. The zero-order chi connectivity index (χ0) is 19.2. The van der Waals surface area contributed by atoms with Gasteiger partial charge in [0.05, 0.1) is 5.56 Å². The number of likely N-dealkylation sites (tertiary alicyclic amines) is 1. The van der Waals surface area contributed by atoms with Gasteiger partial charge in [-0.15, -0.1) is 0 Å². The van der Waals surface area contributed by atoms with Crippen LogP contribution in [0.3, 0.4) is 0 Å². The number of hydrogen-bond acceptors (Lipinski definition) is 3. The SMILES string of the molecule is Cc1cccc(CCNC(=O)c2ccc(=O)n(CC(=O)N3CCCC3)c2)c1. The van der Waals surface area contributed by atoms with Crippen molar-refractivity contribution in [3.8, 4) is 0 Å². The van der Waals surface area contributed by atoms with Gasteiger partial charge in [0.1, 0.15) is 6.54 Å². The van der Waals surface area contributed by atoms with Crippen molar-refractivity contribution in [1.82, 2.24) is 14.8 Å². The van der Waals surface area contributed by atoms with E-state index in [2.05, 4.69) is 11.4 Å². The van der Waals surface area contributed by atoms with Crippen LogP contribution in [-0.4, -0.2) is 40.9 Å². The Hall–Kier alpha value is -2.89. The molecule has 1 N–H and O–H groups in total. The lowest BCUT2D eigenvalue weighted by atomic mass is 10.1. The van der Waals surface area contributed by atoms with E-state index in [0.29, 0.717) is 12.1 Å². The fourth-order valence-electron chi connectivity index (χ4n) is 3.29. The van der Waals surface area contributed by atoms with Crippen LogP contribution in [0.5, 0.6) is 0 Å². The van der Waals surface area contributed by atoms with Gasteiger partial charge in [0.25, 0.3) is 11.5 Å². The summed E-state index contributed by atoms with van der Waals surface area (Å²) in [7, 11) is 0. The van der Waals surface area contributed by atoms with E-state index >= 15 is 0 Å². The van der Waals surface area contributed by atoms with Crippen LogP contribution >= 0.6 is 0 Å². The molecule has 1 aliphatic heterocycles. The summed E-state index contributed by atoms with van der Waals surface area (Å²) >= 11 is 0. The number of hydrogen-bond donors (Lipinski definition) is 1. The number of carbonyl (C=O) groups is 2. The fourth-order valence-corrected chi connectivity index (χ4v) is 3.29. The Balaban J connectivity index is 1.59. The first kappa shape index (κ1) is 18.9. The van der Waals surface area contributed by atoms with Gasteiger partial charge in [-0.2, -0.15) is 0 Å². The molecule has 0 saturated carbocycles. The van der Waals surface area contributed by atoms with Gasteiger partial charge in [0.15, 0.2) is 0 Å². The molecule has 2 amide bonds. The van der Waals surface area contributed by atoms with Gasteiger partial charge in [-0.1, -0.05) is 29.8 Å². The topological polar surface area (TPSA) is 71.4 Å². The molecule has 6 nitrogen and oxygen atoms in total. The quantitative estimate of drug-likeness (QED) is 0.846. The standard InChI is InChI=1S/C21H25N3O3/c1-16-5-4-6-17(13-16)9-10-22-21(27)18-7-8-19(25)24(14-18)15-20(26)23-11-2-3-12-23/h4-8,13-14H,2-3,9-12,15H2,1H3,(H,22,27). The summed E-state index contributed by atoms with van der Waals surface area (Å²) in [6, 6.07) is 11.0. The lowest BCUT2D eigenvalue weighted by molar-refractivity contribution is -0.130. The highest BCUT2D eigenvalue weighted by atomic mass is 16.2. The fraction of sp³-hybridized carbons (Fsp3) is 0.381. The molecule has 6 heteroatoms. The minimum Gasteiger partial charge on any atom is -0.352 e. The average molecular weight is 367 g/mol. The number of carbonyl (C=O) groups excluding carboxylic acids is 2. The van der Waals surface area contributed by atoms with Crippen LogP contribution in [0.1, 0.15) is 34.3 Å². The second kappa shape index (κ2) is 8.66. The minimum absolute atomic E-state index is 0.0246. The Morgan fingerprint density at radius 2 is 1.89 bits per heavy atom. The molecule has 3 rings (SSSR count). The van der Waals surface area contributed by atoms with Crippen LogP contribution in [0.2, 0.25) is 0 Å². The summed E-state index contributed by atoms with van der Waals surface area (Å²) in [5, 5.41) is 2.87. The molecular formula is C21H25N3O3. The summed E-state index contributed by atoms with van der Waals surface area (Å²) < 4.78 is 1.32.